The molecule has 0 saturated carbocycles. The first kappa shape index (κ1) is 15.0. The van der Waals surface area contributed by atoms with Gasteiger partial charge in [0, 0.05) is 37.9 Å². The monoisotopic (exact) mass is 301 g/mol. The van der Waals surface area contributed by atoms with Gasteiger partial charge in [0.15, 0.2) is 0 Å². The SMILES string of the molecule is Cc1ccc(N2CCC(C(=O)N3CCNC(C)C3)C2=O)cc1. The fourth-order valence-corrected chi connectivity index (χ4v) is 3.24. The van der Waals surface area contributed by atoms with Gasteiger partial charge in [0.25, 0.3) is 0 Å². The predicted octanol–water partition coefficient (Wildman–Crippen LogP) is 1.17. The topological polar surface area (TPSA) is 52.7 Å². The molecule has 22 heavy (non-hydrogen) atoms. The number of carbonyl (C=O) groups excluding carboxylic acids is 2. The van der Waals surface area contributed by atoms with Crippen molar-refractivity contribution >= 4 is 17.5 Å². The van der Waals surface area contributed by atoms with E-state index in [1.165, 1.54) is 0 Å². The van der Waals surface area contributed by atoms with Crippen LogP contribution in [0, 0.1) is 12.8 Å². The molecule has 2 unspecified atom stereocenters. The Bertz CT molecular complexity index is 570. The summed E-state index contributed by atoms with van der Waals surface area (Å²) in [7, 11) is 0. The Balaban J connectivity index is 1.70. The van der Waals surface area contributed by atoms with Gasteiger partial charge in [-0.15, -0.1) is 0 Å². The number of hydrogen-bond acceptors (Lipinski definition) is 3. The first-order chi connectivity index (χ1) is 10.6. The van der Waals surface area contributed by atoms with Crippen LogP contribution in [0.1, 0.15) is 18.9 Å². The summed E-state index contributed by atoms with van der Waals surface area (Å²) in [6, 6.07) is 8.19. The van der Waals surface area contributed by atoms with Gasteiger partial charge in [-0.3, -0.25) is 9.59 Å². The van der Waals surface area contributed by atoms with Gasteiger partial charge in [-0.1, -0.05) is 17.7 Å². The minimum atomic E-state index is -0.508. The first-order valence-electron chi connectivity index (χ1n) is 7.96. The van der Waals surface area contributed by atoms with Gasteiger partial charge in [0.05, 0.1) is 0 Å². The van der Waals surface area contributed by atoms with Crippen LogP contribution in [0.25, 0.3) is 0 Å². The summed E-state index contributed by atoms with van der Waals surface area (Å²) in [6.07, 6.45) is 0.615. The number of carbonyl (C=O) groups is 2. The largest absolute Gasteiger partial charge is 0.339 e. The standard InChI is InChI=1S/C17H23N3O2/c1-12-3-5-14(6-4-12)20-9-7-15(17(20)22)16(21)19-10-8-18-13(2)11-19/h3-6,13,15,18H,7-11H2,1-2H3. The predicted molar refractivity (Wildman–Crippen MR) is 85.7 cm³/mol. The van der Waals surface area contributed by atoms with Gasteiger partial charge in [0.1, 0.15) is 5.92 Å². The Morgan fingerprint density at radius 1 is 1.23 bits per heavy atom. The maximum Gasteiger partial charge on any atom is 0.239 e. The lowest BCUT2D eigenvalue weighted by Gasteiger charge is -2.33. The second kappa shape index (κ2) is 6.08. The second-order valence-electron chi connectivity index (χ2n) is 6.31. The van der Waals surface area contributed by atoms with E-state index < -0.39 is 5.92 Å². The molecule has 2 amide bonds. The molecule has 3 rings (SSSR count). The lowest BCUT2D eigenvalue weighted by molar-refractivity contribution is -0.140. The van der Waals surface area contributed by atoms with E-state index in [4.69, 9.17) is 0 Å². The molecule has 2 aliphatic rings. The van der Waals surface area contributed by atoms with Gasteiger partial charge in [-0.05, 0) is 32.4 Å². The third kappa shape index (κ3) is 2.86. The highest BCUT2D eigenvalue weighted by Crippen LogP contribution is 2.27. The highest BCUT2D eigenvalue weighted by molar-refractivity contribution is 6.09. The van der Waals surface area contributed by atoms with Crippen molar-refractivity contribution in [2.75, 3.05) is 31.1 Å². The average molecular weight is 301 g/mol. The molecule has 5 nitrogen and oxygen atoms in total. The average Bonchev–Trinajstić information content (AvgIpc) is 2.89. The highest BCUT2D eigenvalue weighted by Gasteiger charge is 2.40. The van der Waals surface area contributed by atoms with Crippen molar-refractivity contribution in [3.8, 4) is 0 Å². The van der Waals surface area contributed by atoms with E-state index >= 15 is 0 Å². The van der Waals surface area contributed by atoms with Crippen LogP contribution in [0.3, 0.4) is 0 Å². The van der Waals surface area contributed by atoms with Gasteiger partial charge in [0.2, 0.25) is 11.8 Å². The smallest absolute Gasteiger partial charge is 0.239 e. The zero-order valence-corrected chi connectivity index (χ0v) is 13.2. The molecule has 2 fully saturated rings. The summed E-state index contributed by atoms with van der Waals surface area (Å²) in [5.74, 6) is -0.570. The van der Waals surface area contributed by atoms with Crippen LogP contribution in [0.4, 0.5) is 5.69 Å². The molecule has 0 radical (unpaired) electrons. The Morgan fingerprint density at radius 2 is 1.95 bits per heavy atom. The van der Waals surface area contributed by atoms with Crippen molar-refractivity contribution in [1.29, 1.82) is 0 Å². The molecule has 1 aromatic rings. The molecule has 0 aromatic heterocycles. The maximum absolute atomic E-state index is 12.6. The van der Waals surface area contributed by atoms with E-state index in [-0.39, 0.29) is 11.8 Å². The molecule has 2 aliphatic heterocycles. The Labute approximate surface area is 131 Å². The van der Waals surface area contributed by atoms with Crippen LogP contribution in [0.2, 0.25) is 0 Å². The number of aryl methyl sites for hydroxylation is 1. The van der Waals surface area contributed by atoms with Gasteiger partial charge >= 0.3 is 0 Å². The molecule has 2 saturated heterocycles. The zero-order valence-electron chi connectivity index (χ0n) is 13.2. The van der Waals surface area contributed by atoms with Crippen LogP contribution in [-0.4, -0.2) is 48.9 Å². The lowest BCUT2D eigenvalue weighted by Crippen LogP contribution is -2.53. The van der Waals surface area contributed by atoms with Gasteiger partial charge < -0.3 is 15.1 Å². The molecule has 2 heterocycles. The second-order valence-corrected chi connectivity index (χ2v) is 6.31. The van der Waals surface area contributed by atoms with Crippen LogP contribution in [0.5, 0.6) is 0 Å². The minimum absolute atomic E-state index is 0.00652. The first-order valence-corrected chi connectivity index (χ1v) is 7.96. The molecular formula is C17H23N3O2. The van der Waals surface area contributed by atoms with Crippen molar-refractivity contribution in [3.05, 3.63) is 29.8 Å². The minimum Gasteiger partial charge on any atom is -0.339 e. The quantitative estimate of drug-likeness (QED) is 0.834. The summed E-state index contributed by atoms with van der Waals surface area (Å²) < 4.78 is 0. The van der Waals surface area contributed by atoms with E-state index in [0.29, 0.717) is 32.1 Å². The molecular weight excluding hydrogens is 278 g/mol. The number of piperazine rings is 1. The summed E-state index contributed by atoms with van der Waals surface area (Å²) >= 11 is 0. The zero-order chi connectivity index (χ0) is 15.7. The Kier molecular flexibility index (Phi) is 4.16. The van der Waals surface area contributed by atoms with Crippen molar-refractivity contribution < 1.29 is 9.59 Å². The number of amides is 2. The molecule has 0 bridgehead atoms. The number of benzene rings is 1. The van der Waals surface area contributed by atoms with Crippen molar-refractivity contribution in [1.82, 2.24) is 10.2 Å². The summed E-state index contributed by atoms with van der Waals surface area (Å²) in [5.41, 5.74) is 2.05. The fraction of sp³-hybridized carbons (Fsp3) is 0.529. The van der Waals surface area contributed by atoms with E-state index in [9.17, 15) is 9.59 Å². The molecule has 5 heteroatoms. The van der Waals surface area contributed by atoms with E-state index in [1.54, 1.807) is 4.90 Å². The normalized spacial score (nSPS) is 25.6. The van der Waals surface area contributed by atoms with Crippen LogP contribution in [0.15, 0.2) is 24.3 Å². The molecule has 118 valence electrons. The summed E-state index contributed by atoms with van der Waals surface area (Å²) in [5, 5.41) is 3.32. The highest BCUT2D eigenvalue weighted by atomic mass is 16.2. The van der Waals surface area contributed by atoms with Crippen LogP contribution >= 0.6 is 0 Å². The fourth-order valence-electron chi connectivity index (χ4n) is 3.24. The molecule has 0 aliphatic carbocycles. The van der Waals surface area contributed by atoms with Gasteiger partial charge in [-0.25, -0.2) is 0 Å². The molecule has 2 atom stereocenters. The number of rotatable bonds is 2. The molecule has 1 aromatic carbocycles. The summed E-state index contributed by atoms with van der Waals surface area (Å²) in [6.45, 7) is 6.89. The number of nitrogens with zero attached hydrogens (tertiary/aromatic N) is 2. The van der Waals surface area contributed by atoms with Crippen LogP contribution in [-0.2, 0) is 9.59 Å². The van der Waals surface area contributed by atoms with Crippen molar-refractivity contribution in [2.45, 2.75) is 26.3 Å². The van der Waals surface area contributed by atoms with E-state index in [0.717, 1.165) is 17.8 Å². The molecule has 0 spiro atoms. The summed E-state index contributed by atoms with van der Waals surface area (Å²) in [4.78, 5) is 28.8. The Hall–Kier alpha value is -1.88. The maximum atomic E-state index is 12.6. The van der Waals surface area contributed by atoms with Crippen molar-refractivity contribution in [2.24, 2.45) is 5.92 Å². The third-order valence-electron chi connectivity index (χ3n) is 4.53. The lowest BCUT2D eigenvalue weighted by atomic mass is 10.1. The number of nitrogens with one attached hydrogen (secondary N) is 1. The number of hydrogen-bond donors (Lipinski definition) is 1. The van der Waals surface area contributed by atoms with Gasteiger partial charge in [-0.2, -0.15) is 0 Å². The van der Waals surface area contributed by atoms with Crippen molar-refractivity contribution in [3.63, 3.8) is 0 Å². The number of anilines is 1. The third-order valence-corrected chi connectivity index (χ3v) is 4.53. The Morgan fingerprint density at radius 3 is 2.64 bits per heavy atom. The van der Waals surface area contributed by atoms with Crippen LogP contribution < -0.4 is 10.2 Å². The van der Waals surface area contributed by atoms with E-state index in [2.05, 4.69) is 12.2 Å². The van der Waals surface area contributed by atoms with E-state index in [1.807, 2.05) is 36.1 Å². The molecule has 1 N–H and O–H groups in total.